The van der Waals surface area contributed by atoms with Crippen LogP contribution in [-0.2, 0) is 9.53 Å². The Hall–Kier alpha value is -2.35. The fourth-order valence-electron chi connectivity index (χ4n) is 2.25. The molecule has 1 unspecified atom stereocenters. The molecule has 1 aromatic heterocycles. The number of aromatic nitrogens is 2. The van der Waals surface area contributed by atoms with Crippen LogP contribution in [0.5, 0.6) is 0 Å². The fourth-order valence-corrected chi connectivity index (χ4v) is 2.25. The van der Waals surface area contributed by atoms with Gasteiger partial charge in [0, 0.05) is 18.7 Å². The normalized spacial score (nSPS) is 19.0. The monoisotopic (exact) mass is 294 g/mol. The van der Waals surface area contributed by atoms with Crippen molar-refractivity contribution in [3.05, 3.63) is 30.0 Å². The Morgan fingerprint density at radius 1 is 1.33 bits per heavy atom. The van der Waals surface area contributed by atoms with Gasteiger partial charge >= 0.3 is 0 Å². The number of fused-ring (bicyclic) bond motifs is 1. The average molecular weight is 294 g/mol. The molecule has 0 saturated carbocycles. The second-order valence-corrected chi connectivity index (χ2v) is 4.67. The zero-order valence-corrected chi connectivity index (χ0v) is 10.9. The molecule has 2 heterocycles. The number of halogens is 2. The van der Waals surface area contributed by atoms with Crippen LogP contribution >= 0.6 is 0 Å². The van der Waals surface area contributed by atoms with Gasteiger partial charge in [-0.1, -0.05) is 0 Å². The standard InChI is InChI=1S/C13H12F2N4O2/c14-7-3-9-10(4-8(7)15)18-12(5-17-9)19-1-2-21-6-11(19)13(16)20/h3-5,11H,1-2,6H2,(H2,16,20). The number of benzene rings is 1. The Balaban J connectivity index is 2.03. The highest BCUT2D eigenvalue weighted by Gasteiger charge is 2.29. The summed E-state index contributed by atoms with van der Waals surface area (Å²) in [6, 6.07) is 1.29. The first-order valence-corrected chi connectivity index (χ1v) is 6.32. The lowest BCUT2D eigenvalue weighted by atomic mass is 10.2. The highest BCUT2D eigenvalue weighted by Crippen LogP contribution is 2.21. The second kappa shape index (κ2) is 5.21. The maximum absolute atomic E-state index is 13.3. The summed E-state index contributed by atoms with van der Waals surface area (Å²) >= 11 is 0. The summed E-state index contributed by atoms with van der Waals surface area (Å²) in [7, 11) is 0. The molecule has 0 aliphatic carbocycles. The van der Waals surface area contributed by atoms with Gasteiger partial charge in [-0.2, -0.15) is 0 Å². The molecule has 1 amide bonds. The van der Waals surface area contributed by atoms with Crippen LogP contribution in [0.2, 0.25) is 0 Å². The predicted molar refractivity (Wildman–Crippen MR) is 70.6 cm³/mol. The number of ether oxygens (including phenoxy) is 1. The zero-order valence-electron chi connectivity index (χ0n) is 10.9. The first-order valence-electron chi connectivity index (χ1n) is 6.32. The molecule has 1 aromatic carbocycles. The third kappa shape index (κ3) is 2.49. The van der Waals surface area contributed by atoms with Crippen LogP contribution in [0.25, 0.3) is 11.0 Å². The van der Waals surface area contributed by atoms with Gasteiger partial charge in [0.1, 0.15) is 11.9 Å². The van der Waals surface area contributed by atoms with E-state index in [4.69, 9.17) is 10.5 Å². The lowest BCUT2D eigenvalue weighted by Crippen LogP contribution is -2.53. The summed E-state index contributed by atoms with van der Waals surface area (Å²) in [5.41, 5.74) is 5.78. The van der Waals surface area contributed by atoms with Crippen molar-refractivity contribution in [1.82, 2.24) is 9.97 Å². The quantitative estimate of drug-likeness (QED) is 0.877. The SMILES string of the molecule is NC(=O)C1COCCN1c1cnc2cc(F)c(F)cc2n1. The number of rotatable bonds is 2. The summed E-state index contributed by atoms with van der Waals surface area (Å²) in [6.07, 6.45) is 1.40. The van der Waals surface area contributed by atoms with Gasteiger partial charge < -0.3 is 15.4 Å². The van der Waals surface area contributed by atoms with E-state index < -0.39 is 23.6 Å². The van der Waals surface area contributed by atoms with Crippen molar-refractivity contribution in [2.45, 2.75) is 6.04 Å². The zero-order chi connectivity index (χ0) is 15.0. The third-order valence-corrected chi connectivity index (χ3v) is 3.32. The van der Waals surface area contributed by atoms with E-state index in [1.807, 2.05) is 0 Å². The highest BCUT2D eigenvalue weighted by molar-refractivity contribution is 5.84. The van der Waals surface area contributed by atoms with Gasteiger partial charge in [-0.25, -0.2) is 13.8 Å². The Labute approximate surface area is 118 Å². The van der Waals surface area contributed by atoms with Crippen LogP contribution in [0.3, 0.4) is 0 Å². The van der Waals surface area contributed by atoms with Gasteiger partial charge in [0.2, 0.25) is 5.91 Å². The number of morpholine rings is 1. The first-order chi connectivity index (χ1) is 10.1. The lowest BCUT2D eigenvalue weighted by Gasteiger charge is -2.34. The second-order valence-electron chi connectivity index (χ2n) is 4.67. The number of amides is 1. The number of hydrogen-bond donors (Lipinski definition) is 1. The minimum Gasteiger partial charge on any atom is -0.377 e. The van der Waals surface area contributed by atoms with E-state index in [0.717, 1.165) is 12.1 Å². The Morgan fingerprint density at radius 3 is 2.76 bits per heavy atom. The van der Waals surface area contributed by atoms with E-state index in [1.54, 1.807) is 4.90 Å². The van der Waals surface area contributed by atoms with E-state index in [-0.39, 0.29) is 17.6 Å². The largest absolute Gasteiger partial charge is 0.377 e. The lowest BCUT2D eigenvalue weighted by molar-refractivity contribution is -0.121. The van der Waals surface area contributed by atoms with Crippen molar-refractivity contribution in [3.63, 3.8) is 0 Å². The van der Waals surface area contributed by atoms with Crippen LogP contribution in [-0.4, -0.2) is 41.7 Å². The molecular weight excluding hydrogens is 282 g/mol. The minimum atomic E-state index is -0.998. The molecule has 1 aliphatic rings. The van der Waals surface area contributed by atoms with E-state index in [0.29, 0.717) is 19.0 Å². The molecule has 1 aliphatic heterocycles. The topological polar surface area (TPSA) is 81.3 Å². The summed E-state index contributed by atoms with van der Waals surface area (Å²) < 4.78 is 31.6. The van der Waals surface area contributed by atoms with Crippen LogP contribution in [0.15, 0.2) is 18.3 Å². The fraction of sp³-hybridized carbons (Fsp3) is 0.308. The van der Waals surface area contributed by atoms with Crippen LogP contribution in [0.1, 0.15) is 0 Å². The van der Waals surface area contributed by atoms with Crippen LogP contribution < -0.4 is 10.6 Å². The molecule has 2 aromatic rings. The molecule has 0 bridgehead atoms. The molecule has 21 heavy (non-hydrogen) atoms. The van der Waals surface area contributed by atoms with E-state index in [1.165, 1.54) is 6.20 Å². The molecule has 0 spiro atoms. The Morgan fingerprint density at radius 2 is 2.05 bits per heavy atom. The number of nitrogens with zero attached hydrogens (tertiary/aromatic N) is 3. The maximum atomic E-state index is 13.3. The molecule has 2 N–H and O–H groups in total. The van der Waals surface area contributed by atoms with E-state index in [9.17, 15) is 13.6 Å². The van der Waals surface area contributed by atoms with E-state index >= 15 is 0 Å². The molecule has 8 heteroatoms. The van der Waals surface area contributed by atoms with Crippen molar-refractivity contribution < 1.29 is 18.3 Å². The predicted octanol–water partition coefficient (Wildman–Crippen LogP) is 0.598. The molecule has 110 valence electrons. The van der Waals surface area contributed by atoms with Gasteiger partial charge in [0.15, 0.2) is 11.6 Å². The smallest absolute Gasteiger partial charge is 0.242 e. The Kier molecular flexibility index (Phi) is 3.38. The van der Waals surface area contributed by atoms with Gasteiger partial charge in [-0.15, -0.1) is 0 Å². The molecule has 1 atom stereocenters. The molecule has 0 radical (unpaired) electrons. The van der Waals surface area contributed by atoms with Crippen LogP contribution in [0, 0.1) is 11.6 Å². The van der Waals surface area contributed by atoms with Gasteiger partial charge in [0.05, 0.1) is 30.4 Å². The molecular formula is C13H12F2N4O2. The van der Waals surface area contributed by atoms with Crippen molar-refractivity contribution in [1.29, 1.82) is 0 Å². The van der Waals surface area contributed by atoms with Crippen molar-refractivity contribution in [2.75, 3.05) is 24.7 Å². The number of carbonyl (C=O) groups excluding carboxylic acids is 1. The van der Waals surface area contributed by atoms with Gasteiger partial charge in [-0.05, 0) is 0 Å². The highest BCUT2D eigenvalue weighted by atomic mass is 19.2. The average Bonchev–Trinajstić information content (AvgIpc) is 2.48. The summed E-state index contributed by atoms with van der Waals surface area (Å²) in [6.45, 7) is 0.992. The number of hydrogen-bond acceptors (Lipinski definition) is 5. The maximum Gasteiger partial charge on any atom is 0.242 e. The van der Waals surface area contributed by atoms with Crippen molar-refractivity contribution in [3.8, 4) is 0 Å². The minimum absolute atomic E-state index is 0.160. The first kappa shape index (κ1) is 13.6. The van der Waals surface area contributed by atoms with Gasteiger partial charge in [-0.3, -0.25) is 9.78 Å². The summed E-state index contributed by atoms with van der Waals surface area (Å²) in [5.74, 6) is -2.14. The number of nitrogens with two attached hydrogens (primary N) is 1. The molecule has 3 rings (SSSR count). The van der Waals surface area contributed by atoms with Gasteiger partial charge in [0.25, 0.3) is 0 Å². The Bertz CT molecular complexity index is 710. The summed E-state index contributed by atoms with van der Waals surface area (Å²) in [4.78, 5) is 21.4. The van der Waals surface area contributed by atoms with E-state index in [2.05, 4.69) is 9.97 Å². The molecule has 6 nitrogen and oxygen atoms in total. The van der Waals surface area contributed by atoms with Crippen molar-refractivity contribution in [2.24, 2.45) is 5.73 Å². The van der Waals surface area contributed by atoms with Crippen molar-refractivity contribution >= 4 is 22.8 Å². The number of anilines is 1. The number of carbonyl (C=O) groups is 1. The third-order valence-electron chi connectivity index (χ3n) is 3.32. The number of primary amides is 1. The van der Waals surface area contributed by atoms with Crippen LogP contribution in [0.4, 0.5) is 14.6 Å². The summed E-state index contributed by atoms with van der Waals surface area (Å²) in [5, 5.41) is 0. The molecule has 1 fully saturated rings. The molecule has 1 saturated heterocycles.